The second-order valence-electron chi connectivity index (χ2n) is 4.25. The summed E-state index contributed by atoms with van der Waals surface area (Å²) in [7, 11) is 0. The predicted octanol–water partition coefficient (Wildman–Crippen LogP) is 1.89. The third-order valence-electron chi connectivity index (χ3n) is 3.16. The lowest BCUT2D eigenvalue weighted by atomic mass is 9.92. The molecular weight excluding hydrogens is 202 g/mol. The molecule has 1 saturated heterocycles. The Balaban J connectivity index is 1.94. The highest BCUT2D eigenvalue weighted by Gasteiger charge is 2.23. The molecule has 1 aromatic carbocycles. The summed E-state index contributed by atoms with van der Waals surface area (Å²) in [6.45, 7) is 1.81. The molecule has 0 bridgehead atoms. The highest BCUT2D eigenvalue weighted by Crippen LogP contribution is 2.21. The molecule has 0 spiro atoms. The van der Waals surface area contributed by atoms with Crippen LogP contribution in [0.15, 0.2) is 30.3 Å². The number of rotatable bonds is 4. The number of anilines is 1. The minimum atomic E-state index is 0.145. The molecule has 1 heterocycles. The monoisotopic (exact) mass is 221 g/mol. The third kappa shape index (κ3) is 2.97. The number of nitrogens with one attached hydrogen (secondary N) is 1. The lowest BCUT2D eigenvalue weighted by molar-refractivity contribution is 0.0534. The molecule has 1 atom stereocenters. The highest BCUT2D eigenvalue weighted by molar-refractivity contribution is 5.43. The molecule has 0 saturated carbocycles. The van der Waals surface area contributed by atoms with Crippen molar-refractivity contribution in [3.8, 4) is 0 Å². The van der Waals surface area contributed by atoms with E-state index in [1.165, 1.54) is 0 Å². The van der Waals surface area contributed by atoms with Gasteiger partial charge < -0.3 is 15.2 Å². The van der Waals surface area contributed by atoms with Gasteiger partial charge in [-0.2, -0.15) is 0 Å². The fraction of sp³-hybridized carbons (Fsp3) is 0.538. The summed E-state index contributed by atoms with van der Waals surface area (Å²) in [4.78, 5) is 0. The molecule has 88 valence electrons. The average molecular weight is 221 g/mol. The van der Waals surface area contributed by atoms with Gasteiger partial charge in [0.2, 0.25) is 0 Å². The maximum Gasteiger partial charge on any atom is 0.0635 e. The van der Waals surface area contributed by atoms with Gasteiger partial charge in [0, 0.05) is 18.9 Å². The number of benzene rings is 1. The molecule has 1 aromatic rings. The molecule has 0 radical (unpaired) electrons. The van der Waals surface area contributed by atoms with Gasteiger partial charge in [-0.15, -0.1) is 0 Å². The first-order chi connectivity index (χ1) is 7.90. The Morgan fingerprint density at radius 1 is 1.25 bits per heavy atom. The minimum absolute atomic E-state index is 0.145. The minimum Gasteiger partial charge on any atom is -0.394 e. The number of para-hydroxylation sites is 1. The van der Waals surface area contributed by atoms with Crippen molar-refractivity contribution in [3.63, 3.8) is 0 Å². The van der Waals surface area contributed by atoms with Crippen molar-refractivity contribution in [3.05, 3.63) is 30.3 Å². The van der Waals surface area contributed by atoms with Crippen LogP contribution in [-0.2, 0) is 4.74 Å². The summed E-state index contributed by atoms with van der Waals surface area (Å²) < 4.78 is 5.34. The van der Waals surface area contributed by atoms with E-state index in [4.69, 9.17) is 4.74 Å². The van der Waals surface area contributed by atoms with Crippen LogP contribution in [0.2, 0.25) is 0 Å². The average Bonchev–Trinajstić information content (AvgIpc) is 2.38. The Morgan fingerprint density at radius 2 is 1.94 bits per heavy atom. The molecule has 0 amide bonds. The number of aliphatic hydroxyl groups is 1. The van der Waals surface area contributed by atoms with Crippen LogP contribution in [0.5, 0.6) is 0 Å². The van der Waals surface area contributed by atoms with E-state index in [1.807, 2.05) is 30.3 Å². The van der Waals surface area contributed by atoms with Gasteiger partial charge in [-0.3, -0.25) is 0 Å². The van der Waals surface area contributed by atoms with Crippen LogP contribution in [0.4, 0.5) is 5.69 Å². The molecule has 0 aliphatic carbocycles. The standard InChI is InChI=1S/C13H19NO2/c15-10-13(11-6-8-16-9-7-11)14-12-4-2-1-3-5-12/h1-5,11,13-15H,6-10H2. The Kier molecular flexibility index (Phi) is 4.19. The third-order valence-corrected chi connectivity index (χ3v) is 3.16. The summed E-state index contributed by atoms with van der Waals surface area (Å²) in [5, 5.41) is 12.8. The van der Waals surface area contributed by atoms with Gasteiger partial charge in [0.05, 0.1) is 12.6 Å². The Hall–Kier alpha value is -1.06. The molecule has 2 rings (SSSR count). The van der Waals surface area contributed by atoms with Gasteiger partial charge in [0.1, 0.15) is 0 Å². The molecule has 16 heavy (non-hydrogen) atoms. The normalized spacial score (nSPS) is 19.3. The first-order valence-electron chi connectivity index (χ1n) is 5.90. The van der Waals surface area contributed by atoms with E-state index in [9.17, 15) is 5.11 Å². The van der Waals surface area contributed by atoms with Gasteiger partial charge in [-0.05, 0) is 30.9 Å². The number of hydrogen-bond donors (Lipinski definition) is 2. The van der Waals surface area contributed by atoms with Gasteiger partial charge in [-0.1, -0.05) is 18.2 Å². The van der Waals surface area contributed by atoms with E-state index < -0.39 is 0 Å². The molecule has 3 nitrogen and oxygen atoms in total. The smallest absolute Gasteiger partial charge is 0.0635 e. The van der Waals surface area contributed by atoms with Crippen molar-refractivity contribution >= 4 is 5.69 Å². The van der Waals surface area contributed by atoms with Crippen molar-refractivity contribution in [2.75, 3.05) is 25.1 Å². The fourth-order valence-electron chi connectivity index (χ4n) is 2.18. The van der Waals surface area contributed by atoms with E-state index in [2.05, 4.69) is 5.32 Å². The van der Waals surface area contributed by atoms with Crippen LogP contribution < -0.4 is 5.32 Å². The summed E-state index contributed by atoms with van der Waals surface area (Å²) in [6.07, 6.45) is 2.07. The first kappa shape index (κ1) is 11.4. The quantitative estimate of drug-likeness (QED) is 0.815. The lowest BCUT2D eigenvalue weighted by Crippen LogP contribution is -2.36. The second kappa shape index (κ2) is 5.87. The Bertz CT molecular complexity index is 296. The zero-order chi connectivity index (χ0) is 11.2. The van der Waals surface area contributed by atoms with Crippen molar-refractivity contribution in [1.29, 1.82) is 0 Å². The van der Waals surface area contributed by atoms with E-state index in [0.29, 0.717) is 5.92 Å². The fourth-order valence-corrected chi connectivity index (χ4v) is 2.18. The maximum atomic E-state index is 9.44. The zero-order valence-corrected chi connectivity index (χ0v) is 9.43. The van der Waals surface area contributed by atoms with Crippen molar-refractivity contribution in [1.82, 2.24) is 0 Å². The van der Waals surface area contributed by atoms with Crippen molar-refractivity contribution in [2.24, 2.45) is 5.92 Å². The van der Waals surface area contributed by atoms with E-state index in [1.54, 1.807) is 0 Å². The largest absolute Gasteiger partial charge is 0.394 e. The van der Waals surface area contributed by atoms with Crippen LogP contribution >= 0.6 is 0 Å². The summed E-state index contributed by atoms with van der Waals surface area (Å²) in [5.41, 5.74) is 1.08. The lowest BCUT2D eigenvalue weighted by Gasteiger charge is -2.30. The maximum absolute atomic E-state index is 9.44. The SMILES string of the molecule is OCC(Nc1ccccc1)C1CCOCC1. The molecule has 1 fully saturated rings. The van der Waals surface area contributed by atoms with E-state index in [0.717, 1.165) is 31.7 Å². The summed E-state index contributed by atoms with van der Waals surface area (Å²) >= 11 is 0. The van der Waals surface area contributed by atoms with Gasteiger partial charge in [-0.25, -0.2) is 0 Å². The van der Waals surface area contributed by atoms with Crippen LogP contribution in [-0.4, -0.2) is 31.0 Å². The van der Waals surface area contributed by atoms with Crippen LogP contribution in [0, 0.1) is 5.92 Å². The number of aliphatic hydroxyl groups excluding tert-OH is 1. The Morgan fingerprint density at radius 3 is 2.56 bits per heavy atom. The molecule has 3 heteroatoms. The summed E-state index contributed by atoms with van der Waals surface area (Å²) in [5.74, 6) is 0.513. The highest BCUT2D eigenvalue weighted by atomic mass is 16.5. The van der Waals surface area contributed by atoms with Crippen LogP contribution in [0.25, 0.3) is 0 Å². The van der Waals surface area contributed by atoms with Crippen LogP contribution in [0.3, 0.4) is 0 Å². The molecule has 1 unspecified atom stereocenters. The predicted molar refractivity (Wildman–Crippen MR) is 64.5 cm³/mol. The zero-order valence-electron chi connectivity index (χ0n) is 9.43. The van der Waals surface area contributed by atoms with Gasteiger partial charge >= 0.3 is 0 Å². The van der Waals surface area contributed by atoms with Crippen molar-refractivity contribution < 1.29 is 9.84 Å². The topological polar surface area (TPSA) is 41.5 Å². The second-order valence-corrected chi connectivity index (χ2v) is 4.25. The molecule has 1 aliphatic heterocycles. The molecule has 0 aromatic heterocycles. The van der Waals surface area contributed by atoms with Gasteiger partial charge in [0.15, 0.2) is 0 Å². The van der Waals surface area contributed by atoms with E-state index >= 15 is 0 Å². The molecular formula is C13H19NO2. The van der Waals surface area contributed by atoms with Gasteiger partial charge in [0.25, 0.3) is 0 Å². The number of ether oxygens (including phenoxy) is 1. The van der Waals surface area contributed by atoms with Crippen molar-refractivity contribution in [2.45, 2.75) is 18.9 Å². The molecule has 1 aliphatic rings. The first-order valence-corrected chi connectivity index (χ1v) is 5.90. The van der Waals surface area contributed by atoms with E-state index in [-0.39, 0.29) is 12.6 Å². The number of hydrogen-bond acceptors (Lipinski definition) is 3. The summed E-state index contributed by atoms with van der Waals surface area (Å²) in [6, 6.07) is 10.2. The molecule has 2 N–H and O–H groups in total. The Labute approximate surface area is 96.4 Å². The van der Waals surface area contributed by atoms with Crippen LogP contribution in [0.1, 0.15) is 12.8 Å².